The van der Waals surface area contributed by atoms with Crippen molar-refractivity contribution in [2.24, 2.45) is 0 Å². The third-order valence-corrected chi connectivity index (χ3v) is 2.71. The molecule has 0 radical (unpaired) electrons. The van der Waals surface area contributed by atoms with E-state index in [1.165, 1.54) is 6.07 Å². The van der Waals surface area contributed by atoms with Gasteiger partial charge in [-0.1, -0.05) is 0 Å². The fourth-order valence-corrected chi connectivity index (χ4v) is 1.73. The number of pyridine rings is 1. The molecule has 2 aromatic rings. The standard InChI is InChI=1S/C13H13N3O4/c17-7-1-6-16-12(18)10(13(19)20)8-11(15-16)9-2-4-14-5-3-9/h2-5,8,17H,1,6-7H2,(H,19,20). The number of aromatic carboxylic acids is 1. The van der Waals surface area contributed by atoms with E-state index in [1.54, 1.807) is 24.5 Å². The zero-order valence-electron chi connectivity index (χ0n) is 10.6. The highest BCUT2D eigenvalue weighted by Gasteiger charge is 2.15. The number of rotatable bonds is 5. The molecule has 104 valence electrons. The van der Waals surface area contributed by atoms with E-state index < -0.39 is 11.5 Å². The smallest absolute Gasteiger partial charge is 0.341 e. The maximum Gasteiger partial charge on any atom is 0.341 e. The van der Waals surface area contributed by atoms with Gasteiger partial charge in [0.1, 0.15) is 5.56 Å². The fraction of sp³-hybridized carbons (Fsp3) is 0.231. The predicted octanol–water partition coefficient (Wildman–Crippen LogP) is 0.386. The molecule has 7 heteroatoms. The first-order chi connectivity index (χ1) is 9.63. The Morgan fingerprint density at radius 2 is 2.00 bits per heavy atom. The van der Waals surface area contributed by atoms with Crippen LogP contribution in [0.4, 0.5) is 0 Å². The molecular formula is C13H13N3O4. The summed E-state index contributed by atoms with van der Waals surface area (Å²) in [6.45, 7) is 0.0601. The van der Waals surface area contributed by atoms with E-state index in [4.69, 9.17) is 10.2 Å². The van der Waals surface area contributed by atoms with Crippen molar-refractivity contribution >= 4 is 5.97 Å². The lowest BCUT2D eigenvalue weighted by Crippen LogP contribution is -2.29. The van der Waals surface area contributed by atoms with E-state index in [-0.39, 0.29) is 18.7 Å². The van der Waals surface area contributed by atoms with E-state index in [0.717, 1.165) is 4.68 Å². The SMILES string of the molecule is O=C(O)c1cc(-c2ccncc2)nn(CCCO)c1=O. The zero-order valence-corrected chi connectivity index (χ0v) is 10.6. The zero-order chi connectivity index (χ0) is 14.5. The minimum absolute atomic E-state index is 0.101. The van der Waals surface area contributed by atoms with Gasteiger partial charge in [-0.25, -0.2) is 9.48 Å². The van der Waals surface area contributed by atoms with Crippen LogP contribution in [0.15, 0.2) is 35.4 Å². The van der Waals surface area contributed by atoms with Gasteiger partial charge in [0.05, 0.1) is 5.69 Å². The molecule has 0 spiro atoms. The molecule has 0 saturated carbocycles. The quantitative estimate of drug-likeness (QED) is 0.817. The van der Waals surface area contributed by atoms with Gasteiger partial charge in [0.25, 0.3) is 5.56 Å². The number of aliphatic hydroxyl groups excluding tert-OH is 1. The molecule has 0 unspecified atom stereocenters. The number of nitrogens with zero attached hydrogens (tertiary/aromatic N) is 3. The van der Waals surface area contributed by atoms with Crippen LogP contribution in [-0.2, 0) is 6.54 Å². The molecule has 2 aromatic heterocycles. The van der Waals surface area contributed by atoms with Gasteiger partial charge in [-0.15, -0.1) is 0 Å². The Morgan fingerprint density at radius 3 is 2.60 bits per heavy atom. The molecule has 0 bridgehead atoms. The topological polar surface area (TPSA) is 105 Å². The van der Waals surface area contributed by atoms with Crippen molar-refractivity contribution < 1.29 is 15.0 Å². The predicted molar refractivity (Wildman–Crippen MR) is 70.4 cm³/mol. The average Bonchev–Trinajstić information content (AvgIpc) is 2.46. The van der Waals surface area contributed by atoms with Gasteiger partial charge in [0.2, 0.25) is 0 Å². The Labute approximate surface area is 114 Å². The van der Waals surface area contributed by atoms with Crippen molar-refractivity contribution in [3.63, 3.8) is 0 Å². The van der Waals surface area contributed by atoms with Crippen molar-refractivity contribution in [2.45, 2.75) is 13.0 Å². The molecule has 2 N–H and O–H groups in total. The molecule has 0 aliphatic heterocycles. The Kier molecular flexibility index (Phi) is 4.21. The minimum atomic E-state index is -1.30. The maximum absolute atomic E-state index is 11.9. The third-order valence-electron chi connectivity index (χ3n) is 2.71. The summed E-state index contributed by atoms with van der Waals surface area (Å²) in [5.41, 5.74) is 0.0242. The lowest BCUT2D eigenvalue weighted by molar-refractivity contribution is 0.0693. The van der Waals surface area contributed by atoms with Crippen molar-refractivity contribution in [1.29, 1.82) is 0 Å². The van der Waals surface area contributed by atoms with Gasteiger partial charge < -0.3 is 10.2 Å². The van der Waals surface area contributed by atoms with E-state index in [0.29, 0.717) is 17.7 Å². The molecule has 20 heavy (non-hydrogen) atoms. The Hall–Kier alpha value is -2.54. The molecule has 0 aromatic carbocycles. The van der Waals surface area contributed by atoms with Crippen LogP contribution in [0.1, 0.15) is 16.8 Å². The molecule has 2 rings (SSSR count). The Morgan fingerprint density at radius 1 is 1.30 bits per heavy atom. The summed E-state index contributed by atoms with van der Waals surface area (Å²) < 4.78 is 1.06. The number of hydrogen-bond acceptors (Lipinski definition) is 5. The highest BCUT2D eigenvalue weighted by molar-refractivity contribution is 5.88. The number of carboxylic acid groups (broad SMARTS) is 1. The van der Waals surface area contributed by atoms with Gasteiger partial charge in [0, 0.05) is 31.1 Å². The van der Waals surface area contributed by atoms with Crippen LogP contribution in [0.25, 0.3) is 11.3 Å². The molecule has 7 nitrogen and oxygen atoms in total. The Bertz CT molecular complexity index is 667. The average molecular weight is 275 g/mol. The number of hydrogen-bond donors (Lipinski definition) is 2. The first-order valence-electron chi connectivity index (χ1n) is 6.00. The fourth-order valence-electron chi connectivity index (χ4n) is 1.73. The Balaban J connectivity index is 2.56. The normalized spacial score (nSPS) is 10.4. The number of aliphatic hydroxyl groups is 1. The van der Waals surface area contributed by atoms with Crippen LogP contribution in [0.2, 0.25) is 0 Å². The summed E-state index contributed by atoms with van der Waals surface area (Å²) in [5.74, 6) is -1.30. The molecule has 0 aliphatic rings. The van der Waals surface area contributed by atoms with Crippen LogP contribution in [0.5, 0.6) is 0 Å². The van der Waals surface area contributed by atoms with Gasteiger partial charge in [-0.3, -0.25) is 9.78 Å². The summed E-state index contributed by atoms with van der Waals surface area (Å²) in [4.78, 5) is 26.9. The summed E-state index contributed by atoms with van der Waals surface area (Å²) in [7, 11) is 0. The molecular weight excluding hydrogens is 262 g/mol. The largest absolute Gasteiger partial charge is 0.477 e. The van der Waals surface area contributed by atoms with Gasteiger partial charge in [-0.2, -0.15) is 5.10 Å². The van der Waals surface area contributed by atoms with Crippen LogP contribution in [0, 0.1) is 0 Å². The monoisotopic (exact) mass is 275 g/mol. The molecule has 2 heterocycles. The number of carbonyl (C=O) groups is 1. The highest BCUT2D eigenvalue weighted by atomic mass is 16.4. The summed E-state index contributed by atoms with van der Waals surface area (Å²) >= 11 is 0. The summed E-state index contributed by atoms with van der Waals surface area (Å²) in [6.07, 6.45) is 3.44. The van der Waals surface area contributed by atoms with Crippen LogP contribution < -0.4 is 5.56 Å². The lowest BCUT2D eigenvalue weighted by Gasteiger charge is -2.08. The van der Waals surface area contributed by atoms with Crippen molar-refractivity contribution in [1.82, 2.24) is 14.8 Å². The second kappa shape index (κ2) is 6.07. The minimum Gasteiger partial charge on any atom is -0.477 e. The third kappa shape index (κ3) is 2.89. The summed E-state index contributed by atoms with van der Waals surface area (Å²) in [5, 5.41) is 22.0. The lowest BCUT2D eigenvalue weighted by atomic mass is 10.1. The second-order valence-corrected chi connectivity index (χ2v) is 4.09. The van der Waals surface area contributed by atoms with Crippen molar-refractivity contribution in [3.05, 3.63) is 46.5 Å². The van der Waals surface area contributed by atoms with Crippen molar-refractivity contribution in [2.75, 3.05) is 6.61 Å². The first-order valence-corrected chi connectivity index (χ1v) is 6.00. The molecule has 0 aliphatic carbocycles. The van der Waals surface area contributed by atoms with Gasteiger partial charge >= 0.3 is 5.97 Å². The first kappa shape index (κ1) is 13.9. The molecule has 0 saturated heterocycles. The molecule has 0 amide bonds. The van der Waals surface area contributed by atoms with Gasteiger partial charge in [-0.05, 0) is 24.6 Å². The second-order valence-electron chi connectivity index (χ2n) is 4.09. The number of aromatic nitrogens is 3. The number of carboxylic acids is 1. The van der Waals surface area contributed by atoms with E-state index in [1.807, 2.05) is 0 Å². The van der Waals surface area contributed by atoms with Gasteiger partial charge in [0.15, 0.2) is 0 Å². The van der Waals surface area contributed by atoms with Crippen LogP contribution >= 0.6 is 0 Å². The van der Waals surface area contributed by atoms with Crippen molar-refractivity contribution in [3.8, 4) is 11.3 Å². The van der Waals surface area contributed by atoms with E-state index in [9.17, 15) is 9.59 Å². The molecule has 0 atom stereocenters. The highest BCUT2D eigenvalue weighted by Crippen LogP contribution is 2.15. The van der Waals surface area contributed by atoms with Crippen LogP contribution in [-0.4, -0.2) is 37.6 Å². The summed E-state index contributed by atoms with van der Waals surface area (Å²) in [6, 6.07) is 4.60. The number of aryl methyl sites for hydroxylation is 1. The molecule has 0 fully saturated rings. The van der Waals surface area contributed by atoms with E-state index >= 15 is 0 Å². The maximum atomic E-state index is 11.9. The van der Waals surface area contributed by atoms with Crippen LogP contribution in [0.3, 0.4) is 0 Å². The van der Waals surface area contributed by atoms with E-state index in [2.05, 4.69) is 10.1 Å².